The van der Waals surface area contributed by atoms with Crippen LogP contribution in [0, 0.1) is 5.92 Å². The molecular weight excluding hydrogens is 356 g/mol. The van der Waals surface area contributed by atoms with Crippen molar-refractivity contribution in [3.05, 3.63) is 58.9 Å². The second-order valence-corrected chi connectivity index (χ2v) is 7.57. The van der Waals surface area contributed by atoms with Crippen molar-refractivity contribution in [1.29, 1.82) is 0 Å². The minimum absolute atomic E-state index is 0.0544. The first-order valence-electron chi connectivity index (χ1n) is 8.40. The third kappa shape index (κ3) is 6.25. The maximum absolute atomic E-state index is 12.1. The number of nitrogens with zero attached hydrogens (tertiary/aromatic N) is 1. The zero-order valence-electron chi connectivity index (χ0n) is 13.9. The van der Waals surface area contributed by atoms with Crippen LogP contribution in [0.4, 0.5) is 0 Å². The van der Waals surface area contributed by atoms with Crippen LogP contribution >= 0.6 is 23.4 Å². The van der Waals surface area contributed by atoms with Gasteiger partial charge in [0.15, 0.2) is 0 Å². The lowest BCUT2D eigenvalue weighted by Gasteiger charge is -2.08. The summed E-state index contributed by atoms with van der Waals surface area (Å²) in [5.74, 6) is 3.19. The smallest absolute Gasteiger partial charge is 0.251 e. The molecule has 1 aliphatic rings. The molecule has 0 saturated heterocycles. The van der Waals surface area contributed by atoms with Gasteiger partial charge < -0.3 is 10.1 Å². The monoisotopic (exact) mass is 376 g/mol. The number of hydrogen-bond donors (Lipinski definition) is 1. The van der Waals surface area contributed by atoms with Crippen LogP contribution in [-0.2, 0) is 5.75 Å². The SMILES string of the molecule is O=C(NCCSCc1ccnc(Cl)c1)c1ccc(OCC2CC2)cc1. The molecule has 0 bridgehead atoms. The van der Waals surface area contributed by atoms with E-state index < -0.39 is 0 Å². The first-order chi connectivity index (χ1) is 12.2. The van der Waals surface area contributed by atoms with Crippen LogP contribution in [0.5, 0.6) is 5.75 Å². The Labute approximate surface area is 157 Å². The fourth-order valence-electron chi connectivity index (χ4n) is 2.26. The topological polar surface area (TPSA) is 51.2 Å². The number of amides is 1. The van der Waals surface area contributed by atoms with Crippen LogP contribution < -0.4 is 10.1 Å². The summed E-state index contributed by atoms with van der Waals surface area (Å²) in [6, 6.07) is 11.1. The van der Waals surface area contributed by atoms with Gasteiger partial charge in [-0.05, 0) is 60.7 Å². The van der Waals surface area contributed by atoms with E-state index in [0.717, 1.165) is 35.3 Å². The summed E-state index contributed by atoms with van der Waals surface area (Å²) in [6.45, 7) is 1.41. The Kier molecular flexibility index (Phi) is 6.59. The summed E-state index contributed by atoms with van der Waals surface area (Å²) in [5.41, 5.74) is 1.79. The Hall–Kier alpha value is -1.72. The molecule has 0 radical (unpaired) electrons. The molecule has 25 heavy (non-hydrogen) atoms. The molecule has 1 aromatic heterocycles. The van der Waals surface area contributed by atoms with E-state index in [0.29, 0.717) is 17.3 Å². The molecule has 1 saturated carbocycles. The molecule has 1 fully saturated rings. The quantitative estimate of drug-likeness (QED) is 0.526. The zero-order chi connectivity index (χ0) is 17.5. The number of benzene rings is 1. The summed E-state index contributed by atoms with van der Waals surface area (Å²) >= 11 is 7.61. The predicted octanol–water partition coefficient (Wildman–Crippen LogP) is 4.19. The molecule has 3 rings (SSSR count). The van der Waals surface area contributed by atoms with Gasteiger partial charge in [-0.15, -0.1) is 0 Å². The average Bonchev–Trinajstić information content (AvgIpc) is 3.44. The van der Waals surface area contributed by atoms with Crippen molar-refractivity contribution in [2.75, 3.05) is 18.9 Å². The summed E-state index contributed by atoms with van der Waals surface area (Å²) in [4.78, 5) is 16.1. The third-order valence-electron chi connectivity index (χ3n) is 3.89. The molecular formula is C19H21ClN2O2S. The highest BCUT2D eigenvalue weighted by atomic mass is 35.5. The van der Waals surface area contributed by atoms with Gasteiger partial charge in [0.25, 0.3) is 5.91 Å². The van der Waals surface area contributed by atoms with Gasteiger partial charge in [-0.25, -0.2) is 4.98 Å². The van der Waals surface area contributed by atoms with Gasteiger partial charge in [-0.1, -0.05) is 11.6 Å². The van der Waals surface area contributed by atoms with Crippen LogP contribution in [0.1, 0.15) is 28.8 Å². The molecule has 132 valence electrons. The molecule has 1 amide bonds. The molecule has 0 unspecified atom stereocenters. The molecule has 1 heterocycles. The third-order valence-corrected chi connectivity index (χ3v) is 5.13. The van der Waals surface area contributed by atoms with Gasteiger partial charge in [0, 0.05) is 29.8 Å². The first kappa shape index (κ1) is 18.1. The van der Waals surface area contributed by atoms with Crippen molar-refractivity contribution in [1.82, 2.24) is 10.3 Å². The Morgan fingerprint density at radius 1 is 1.28 bits per heavy atom. The minimum Gasteiger partial charge on any atom is -0.493 e. The van der Waals surface area contributed by atoms with E-state index in [1.54, 1.807) is 18.0 Å². The van der Waals surface area contributed by atoms with Gasteiger partial charge in [0.05, 0.1) is 6.61 Å². The first-order valence-corrected chi connectivity index (χ1v) is 9.93. The standard InChI is InChI=1S/C19H21ClN2O2S/c20-18-11-15(7-8-21-18)13-25-10-9-22-19(23)16-3-5-17(6-4-16)24-12-14-1-2-14/h3-8,11,14H,1-2,9-10,12-13H2,(H,22,23). The molecule has 4 nitrogen and oxygen atoms in total. The van der Waals surface area contributed by atoms with E-state index >= 15 is 0 Å². The number of pyridine rings is 1. The highest BCUT2D eigenvalue weighted by Crippen LogP contribution is 2.29. The largest absolute Gasteiger partial charge is 0.493 e. The number of hydrogen-bond acceptors (Lipinski definition) is 4. The number of thioether (sulfide) groups is 1. The summed E-state index contributed by atoms with van der Waals surface area (Å²) in [6.07, 6.45) is 4.25. The van der Waals surface area contributed by atoms with Gasteiger partial charge in [-0.2, -0.15) is 11.8 Å². The van der Waals surface area contributed by atoms with Gasteiger partial charge in [-0.3, -0.25) is 4.79 Å². The zero-order valence-corrected chi connectivity index (χ0v) is 15.5. The van der Waals surface area contributed by atoms with Crippen LogP contribution in [0.2, 0.25) is 5.15 Å². The molecule has 6 heteroatoms. The predicted molar refractivity (Wildman–Crippen MR) is 102 cm³/mol. The Bertz CT molecular complexity index is 705. The molecule has 0 aliphatic heterocycles. The molecule has 0 atom stereocenters. The number of halogens is 1. The lowest BCUT2D eigenvalue weighted by Crippen LogP contribution is -2.25. The Morgan fingerprint density at radius 3 is 2.80 bits per heavy atom. The van der Waals surface area contributed by atoms with E-state index in [2.05, 4.69) is 10.3 Å². The highest BCUT2D eigenvalue weighted by molar-refractivity contribution is 7.98. The summed E-state index contributed by atoms with van der Waals surface area (Å²) in [7, 11) is 0. The Balaban J connectivity index is 1.34. The highest BCUT2D eigenvalue weighted by Gasteiger charge is 2.21. The fourth-order valence-corrected chi connectivity index (χ4v) is 3.26. The van der Waals surface area contributed by atoms with E-state index in [-0.39, 0.29) is 5.91 Å². The minimum atomic E-state index is -0.0544. The van der Waals surface area contributed by atoms with Crippen molar-refractivity contribution in [3.63, 3.8) is 0 Å². The second kappa shape index (κ2) is 9.11. The molecule has 2 aromatic rings. The molecule has 0 spiro atoms. The van der Waals surface area contributed by atoms with E-state index in [1.807, 2.05) is 36.4 Å². The van der Waals surface area contributed by atoms with Crippen LogP contribution in [-0.4, -0.2) is 29.8 Å². The van der Waals surface area contributed by atoms with E-state index in [4.69, 9.17) is 16.3 Å². The van der Waals surface area contributed by atoms with Crippen molar-refractivity contribution in [3.8, 4) is 5.75 Å². The van der Waals surface area contributed by atoms with Crippen LogP contribution in [0.3, 0.4) is 0 Å². The average molecular weight is 377 g/mol. The second-order valence-electron chi connectivity index (χ2n) is 6.07. The number of carbonyl (C=O) groups excluding carboxylic acids is 1. The number of ether oxygens (including phenoxy) is 1. The van der Waals surface area contributed by atoms with Gasteiger partial charge >= 0.3 is 0 Å². The van der Waals surface area contributed by atoms with Crippen LogP contribution in [0.25, 0.3) is 0 Å². The van der Waals surface area contributed by atoms with E-state index in [9.17, 15) is 4.79 Å². The number of nitrogens with one attached hydrogen (secondary N) is 1. The maximum atomic E-state index is 12.1. The summed E-state index contributed by atoms with van der Waals surface area (Å²) < 4.78 is 5.68. The lowest BCUT2D eigenvalue weighted by atomic mass is 10.2. The summed E-state index contributed by atoms with van der Waals surface area (Å²) in [5, 5.41) is 3.45. The normalized spacial score (nSPS) is 13.5. The van der Waals surface area contributed by atoms with E-state index in [1.165, 1.54) is 12.8 Å². The van der Waals surface area contributed by atoms with Crippen molar-refractivity contribution >= 4 is 29.3 Å². The molecule has 1 N–H and O–H groups in total. The number of carbonyl (C=O) groups is 1. The van der Waals surface area contributed by atoms with Crippen LogP contribution in [0.15, 0.2) is 42.6 Å². The maximum Gasteiger partial charge on any atom is 0.251 e. The number of aromatic nitrogens is 1. The Morgan fingerprint density at radius 2 is 2.08 bits per heavy atom. The number of rotatable bonds is 9. The van der Waals surface area contributed by atoms with Gasteiger partial charge in [0.2, 0.25) is 0 Å². The van der Waals surface area contributed by atoms with Gasteiger partial charge in [0.1, 0.15) is 10.9 Å². The lowest BCUT2D eigenvalue weighted by molar-refractivity contribution is 0.0956. The van der Waals surface area contributed by atoms with Crippen molar-refractivity contribution < 1.29 is 9.53 Å². The molecule has 1 aliphatic carbocycles. The van der Waals surface area contributed by atoms with Crippen molar-refractivity contribution in [2.45, 2.75) is 18.6 Å². The van der Waals surface area contributed by atoms with Crippen molar-refractivity contribution in [2.24, 2.45) is 5.92 Å². The molecule has 1 aromatic carbocycles. The fraction of sp³-hybridized carbons (Fsp3) is 0.368.